The van der Waals surface area contributed by atoms with Gasteiger partial charge in [-0.05, 0) is 37.5 Å². The normalized spacial score (nSPS) is 27.5. The SMILES string of the molecule is CC(C)(C)[C@H](NC(=O)C(F)(F)F)C(=O)N1CC2(CCCCO2)C[C@H]1C(=O)N[C@@H](C[C@@H]1CCNC1=O)C(N)=O. The maximum Gasteiger partial charge on any atom is 0.471 e. The number of primary amides is 1. The number of nitrogens with two attached hydrogens (primary N) is 1. The Morgan fingerprint density at radius 3 is 2.37 bits per heavy atom. The first-order valence-corrected chi connectivity index (χ1v) is 12.7. The first-order valence-electron chi connectivity index (χ1n) is 12.7. The van der Waals surface area contributed by atoms with Crippen molar-refractivity contribution < 1.29 is 41.9 Å². The molecule has 3 fully saturated rings. The summed E-state index contributed by atoms with van der Waals surface area (Å²) in [4.78, 5) is 64.2. The fraction of sp³-hybridized carbons (Fsp3) is 0.792. The molecular weight excluding hydrogens is 511 g/mol. The summed E-state index contributed by atoms with van der Waals surface area (Å²) in [6.45, 7) is 5.26. The summed E-state index contributed by atoms with van der Waals surface area (Å²) in [6.07, 6.45) is -2.63. The topological polar surface area (TPSA) is 160 Å². The first-order chi connectivity index (χ1) is 17.5. The van der Waals surface area contributed by atoms with Gasteiger partial charge in [-0.25, -0.2) is 0 Å². The summed E-state index contributed by atoms with van der Waals surface area (Å²) in [7, 11) is 0. The van der Waals surface area contributed by atoms with E-state index < -0.39 is 64.9 Å². The van der Waals surface area contributed by atoms with E-state index >= 15 is 0 Å². The van der Waals surface area contributed by atoms with Gasteiger partial charge in [0.1, 0.15) is 18.1 Å². The number of carbonyl (C=O) groups is 5. The summed E-state index contributed by atoms with van der Waals surface area (Å²) in [5, 5.41) is 6.98. The Kier molecular flexibility index (Phi) is 8.64. The van der Waals surface area contributed by atoms with E-state index in [4.69, 9.17) is 10.5 Å². The van der Waals surface area contributed by atoms with Crippen LogP contribution in [0.5, 0.6) is 0 Å². The number of nitrogens with one attached hydrogen (secondary N) is 3. The van der Waals surface area contributed by atoms with E-state index in [-0.39, 0.29) is 25.3 Å². The average molecular weight is 548 g/mol. The van der Waals surface area contributed by atoms with E-state index in [1.165, 1.54) is 20.8 Å². The molecule has 3 heterocycles. The van der Waals surface area contributed by atoms with Crippen LogP contribution in [0.15, 0.2) is 0 Å². The van der Waals surface area contributed by atoms with E-state index in [0.29, 0.717) is 26.0 Å². The van der Waals surface area contributed by atoms with Gasteiger partial charge >= 0.3 is 12.1 Å². The average Bonchev–Trinajstić information content (AvgIpc) is 3.38. The number of likely N-dealkylation sites (tertiary alicyclic amines) is 1. The second-order valence-corrected chi connectivity index (χ2v) is 11.4. The van der Waals surface area contributed by atoms with Crippen molar-refractivity contribution in [3.05, 3.63) is 0 Å². The number of rotatable bonds is 7. The molecular formula is C24H36F3N5O6. The molecule has 0 radical (unpaired) electrons. The maximum atomic E-state index is 13.7. The fourth-order valence-corrected chi connectivity index (χ4v) is 5.31. The van der Waals surface area contributed by atoms with Gasteiger partial charge in [-0.1, -0.05) is 20.8 Å². The molecule has 5 atom stereocenters. The Morgan fingerprint density at radius 2 is 1.87 bits per heavy atom. The van der Waals surface area contributed by atoms with Crippen molar-refractivity contribution in [2.24, 2.45) is 17.1 Å². The van der Waals surface area contributed by atoms with Crippen molar-refractivity contribution in [3.8, 4) is 0 Å². The number of halogens is 3. The zero-order valence-electron chi connectivity index (χ0n) is 21.8. The standard InChI is InChI=1S/C24H36F3N5O6/c1-22(2,3)16(31-21(37)24(25,26)27)20(36)32-12-23(7-4-5-9-38-23)11-15(32)19(35)30-14(17(28)33)10-13-6-8-29-18(13)34/h13-16H,4-12H2,1-3H3,(H2,28,33)(H,29,34)(H,30,35)(H,31,37)/t13-,14-,15-,16+,23?/m0/s1. The molecule has 1 unspecified atom stereocenters. The number of hydrogen-bond acceptors (Lipinski definition) is 6. The smallest absolute Gasteiger partial charge is 0.373 e. The van der Waals surface area contributed by atoms with Crippen molar-refractivity contribution in [2.45, 2.75) is 89.2 Å². The third kappa shape index (κ3) is 6.75. The predicted octanol–water partition coefficient (Wildman–Crippen LogP) is 0.116. The minimum absolute atomic E-state index is 0.0263. The minimum Gasteiger partial charge on any atom is -0.373 e. The summed E-state index contributed by atoms with van der Waals surface area (Å²) in [5.74, 6) is -5.51. The monoisotopic (exact) mass is 547 g/mol. The molecule has 11 nitrogen and oxygen atoms in total. The molecule has 5 N–H and O–H groups in total. The van der Waals surface area contributed by atoms with Crippen molar-refractivity contribution in [1.29, 1.82) is 0 Å². The molecule has 214 valence electrons. The van der Waals surface area contributed by atoms with Gasteiger partial charge in [0.25, 0.3) is 0 Å². The molecule has 1 spiro atoms. The molecule has 3 saturated heterocycles. The Morgan fingerprint density at radius 1 is 1.18 bits per heavy atom. The molecule has 0 bridgehead atoms. The maximum absolute atomic E-state index is 13.7. The van der Waals surface area contributed by atoms with E-state index in [1.807, 2.05) is 0 Å². The van der Waals surface area contributed by atoms with E-state index in [9.17, 15) is 37.1 Å². The van der Waals surface area contributed by atoms with Gasteiger partial charge < -0.3 is 31.3 Å². The molecule has 0 aromatic carbocycles. The van der Waals surface area contributed by atoms with Crippen LogP contribution < -0.4 is 21.7 Å². The molecule has 14 heteroatoms. The second-order valence-electron chi connectivity index (χ2n) is 11.4. The van der Waals surface area contributed by atoms with Crippen LogP contribution in [0.2, 0.25) is 0 Å². The van der Waals surface area contributed by atoms with Crippen LogP contribution >= 0.6 is 0 Å². The quantitative estimate of drug-likeness (QED) is 0.354. The molecule has 3 rings (SSSR count). The Bertz CT molecular complexity index is 960. The minimum atomic E-state index is -5.21. The first kappa shape index (κ1) is 29.7. The van der Waals surface area contributed by atoms with Crippen molar-refractivity contribution >= 4 is 29.5 Å². The highest BCUT2D eigenvalue weighted by Gasteiger charge is 2.53. The van der Waals surface area contributed by atoms with Crippen LogP contribution in [-0.4, -0.2) is 84.0 Å². The lowest BCUT2D eigenvalue weighted by Crippen LogP contribution is -2.60. The zero-order chi connectivity index (χ0) is 28.5. The van der Waals surface area contributed by atoms with Gasteiger partial charge in [0.05, 0.1) is 12.1 Å². The molecule has 3 aliphatic heterocycles. The van der Waals surface area contributed by atoms with Crippen molar-refractivity contribution in [2.75, 3.05) is 19.7 Å². The largest absolute Gasteiger partial charge is 0.471 e. The van der Waals surface area contributed by atoms with Gasteiger partial charge in [-0.2, -0.15) is 13.2 Å². The van der Waals surface area contributed by atoms with Gasteiger partial charge in [-0.15, -0.1) is 0 Å². The Labute approximate surface area is 218 Å². The molecule has 3 aliphatic rings. The molecule has 0 saturated carbocycles. The summed E-state index contributed by atoms with van der Waals surface area (Å²) in [6, 6.07) is -3.98. The lowest BCUT2D eigenvalue weighted by atomic mass is 9.85. The third-order valence-electron chi connectivity index (χ3n) is 7.41. The Hall–Kier alpha value is -2.90. The highest BCUT2D eigenvalue weighted by atomic mass is 19.4. The zero-order valence-corrected chi connectivity index (χ0v) is 21.8. The van der Waals surface area contributed by atoms with Crippen LogP contribution in [-0.2, 0) is 28.7 Å². The summed E-state index contributed by atoms with van der Waals surface area (Å²) >= 11 is 0. The molecule has 5 amide bonds. The predicted molar refractivity (Wildman–Crippen MR) is 127 cm³/mol. The molecule has 0 aliphatic carbocycles. The van der Waals surface area contributed by atoms with E-state index in [2.05, 4.69) is 10.6 Å². The number of hydrogen-bond donors (Lipinski definition) is 4. The van der Waals surface area contributed by atoms with E-state index in [0.717, 1.165) is 17.7 Å². The van der Waals surface area contributed by atoms with E-state index in [1.54, 1.807) is 5.32 Å². The van der Waals surface area contributed by atoms with Crippen molar-refractivity contribution in [1.82, 2.24) is 20.9 Å². The number of amides is 5. The van der Waals surface area contributed by atoms with Crippen LogP contribution in [0.1, 0.15) is 59.3 Å². The lowest BCUT2D eigenvalue weighted by molar-refractivity contribution is -0.176. The number of alkyl halides is 3. The highest BCUT2D eigenvalue weighted by molar-refractivity contribution is 5.95. The third-order valence-corrected chi connectivity index (χ3v) is 7.41. The molecule has 0 aromatic rings. The molecule has 0 aromatic heterocycles. The van der Waals surface area contributed by atoms with Crippen LogP contribution in [0.25, 0.3) is 0 Å². The van der Waals surface area contributed by atoms with Gasteiger partial charge in [0.15, 0.2) is 0 Å². The summed E-state index contributed by atoms with van der Waals surface area (Å²) < 4.78 is 45.1. The Balaban J connectivity index is 1.87. The second kappa shape index (κ2) is 11.1. The van der Waals surface area contributed by atoms with Crippen molar-refractivity contribution in [3.63, 3.8) is 0 Å². The lowest BCUT2D eigenvalue weighted by Gasteiger charge is -2.36. The number of carbonyl (C=O) groups excluding carboxylic acids is 5. The van der Waals surface area contributed by atoms with Gasteiger partial charge in [0, 0.05) is 25.5 Å². The fourth-order valence-electron chi connectivity index (χ4n) is 5.31. The number of nitrogens with zero attached hydrogens (tertiary/aromatic N) is 1. The highest BCUT2D eigenvalue weighted by Crippen LogP contribution is 2.39. The van der Waals surface area contributed by atoms with Crippen LogP contribution in [0, 0.1) is 11.3 Å². The van der Waals surface area contributed by atoms with Gasteiger partial charge in [-0.3, -0.25) is 24.0 Å². The summed E-state index contributed by atoms with van der Waals surface area (Å²) in [5.41, 5.74) is 3.47. The van der Waals surface area contributed by atoms with Gasteiger partial charge in [0.2, 0.25) is 23.6 Å². The number of ether oxygens (including phenoxy) is 1. The van der Waals surface area contributed by atoms with Crippen LogP contribution in [0.3, 0.4) is 0 Å². The van der Waals surface area contributed by atoms with Crippen LogP contribution in [0.4, 0.5) is 13.2 Å². The molecule has 38 heavy (non-hydrogen) atoms.